The second-order valence-corrected chi connectivity index (χ2v) is 10.4. The smallest absolute Gasteiger partial charge is 0.258 e. The van der Waals surface area contributed by atoms with Crippen LogP contribution in [0, 0.1) is 0 Å². The van der Waals surface area contributed by atoms with Crippen LogP contribution in [0.4, 0.5) is 0 Å². The number of hydrogen-bond acceptors (Lipinski definition) is 7. The van der Waals surface area contributed by atoms with Crippen molar-refractivity contribution in [3.8, 4) is 5.75 Å². The van der Waals surface area contributed by atoms with Gasteiger partial charge in [0.15, 0.2) is 6.61 Å². The minimum atomic E-state index is -3.76. The van der Waals surface area contributed by atoms with Crippen molar-refractivity contribution >= 4 is 15.9 Å². The van der Waals surface area contributed by atoms with Crippen molar-refractivity contribution in [3.63, 3.8) is 0 Å². The Morgan fingerprint density at radius 2 is 1.88 bits per heavy atom. The summed E-state index contributed by atoms with van der Waals surface area (Å²) < 4.78 is 32.5. The highest BCUT2D eigenvalue weighted by Gasteiger charge is 2.25. The zero-order valence-corrected chi connectivity index (χ0v) is 20.6. The number of aliphatic hydroxyl groups excluding tert-OH is 1. The number of carbonyl (C=O) groups excluding carboxylic acids is 1. The molecule has 34 heavy (non-hydrogen) atoms. The molecule has 0 unspecified atom stereocenters. The predicted molar refractivity (Wildman–Crippen MR) is 130 cm³/mol. The molecule has 0 aliphatic carbocycles. The lowest BCUT2D eigenvalue weighted by Gasteiger charge is -2.30. The second-order valence-electron chi connectivity index (χ2n) is 8.38. The molecule has 186 valence electrons. The maximum Gasteiger partial charge on any atom is 0.258 e. The van der Waals surface area contributed by atoms with E-state index in [9.17, 15) is 18.3 Å². The summed E-state index contributed by atoms with van der Waals surface area (Å²) >= 11 is 0. The van der Waals surface area contributed by atoms with E-state index >= 15 is 0 Å². The maximum absolute atomic E-state index is 12.9. The number of para-hydroxylation sites is 1. The third-order valence-corrected chi connectivity index (χ3v) is 7.68. The first kappa shape index (κ1) is 26.1. The molecule has 1 aliphatic heterocycles. The average molecular weight is 491 g/mol. The van der Waals surface area contributed by atoms with Crippen molar-refractivity contribution in [2.24, 2.45) is 0 Å². The van der Waals surface area contributed by atoms with E-state index in [-0.39, 0.29) is 23.8 Å². The number of fused-ring (bicyclic) bond motifs is 1. The van der Waals surface area contributed by atoms with E-state index in [0.29, 0.717) is 19.6 Å². The summed E-state index contributed by atoms with van der Waals surface area (Å²) in [6.45, 7) is 2.64. The van der Waals surface area contributed by atoms with Gasteiger partial charge in [-0.15, -0.1) is 0 Å². The van der Waals surface area contributed by atoms with Gasteiger partial charge in [0.05, 0.1) is 6.10 Å². The Balaban J connectivity index is 1.47. The first-order valence-electron chi connectivity index (χ1n) is 11.4. The van der Waals surface area contributed by atoms with E-state index < -0.39 is 22.0 Å². The van der Waals surface area contributed by atoms with Crippen LogP contribution < -0.4 is 15.4 Å². The molecule has 1 heterocycles. The fraction of sp³-hybridized carbons (Fsp3) is 0.458. The van der Waals surface area contributed by atoms with Gasteiger partial charge in [-0.3, -0.25) is 9.69 Å². The lowest BCUT2D eigenvalue weighted by Crippen LogP contribution is -2.43. The summed E-state index contributed by atoms with van der Waals surface area (Å²) in [4.78, 5) is 14.5. The summed E-state index contributed by atoms with van der Waals surface area (Å²) in [7, 11) is -0.515. The Hall–Kier alpha value is -2.50. The van der Waals surface area contributed by atoms with Crippen LogP contribution >= 0.6 is 0 Å². The Bertz CT molecular complexity index is 1060. The van der Waals surface area contributed by atoms with Gasteiger partial charge in [0.2, 0.25) is 10.0 Å². The van der Waals surface area contributed by atoms with E-state index in [1.807, 2.05) is 12.1 Å². The standard InChI is InChI=1S/C24H34N4O5S/c1-25-12-14-27(2)34(31,32)23-10-6-5-9-22(23)33-18-24(30)26-15-21(29)17-28-13-11-19-7-3-4-8-20(19)16-28/h3-10,21,25,29H,11-18H2,1-2H3,(H,26,30)/t21-/m1/s1. The van der Waals surface area contributed by atoms with Crippen molar-refractivity contribution in [3.05, 3.63) is 59.7 Å². The fourth-order valence-electron chi connectivity index (χ4n) is 3.84. The van der Waals surface area contributed by atoms with Gasteiger partial charge >= 0.3 is 0 Å². The first-order valence-corrected chi connectivity index (χ1v) is 12.8. The van der Waals surface area contributed by atoms with Crippen LogP contribution in [0.15, 0.2) is 53.4 Å². The van der Waals surface area contributed by atoms with Crippen molar-refractivity contribution in [1.82, 2.24) is 19.8 Å². The topological polar surface area (TPSA) is 111 Å². The van der Waals surface area contributed by atoms with E-state index in [4.69, 9.17) is 4.74 Å². The summed E-state index contributed by atoms with van der Waals surface area (Å²) in [5.74, 6) is -0.319. The Kier molecular flexibility index (Phi) is 9.43. The van der Waals surface area contributed by atoms with Gasteiger partial charge in [0, 0.05) is 46.3 Å². The molecule has 10 heteroatoms. The molecule has 0 saturated heterocycles. The monoisotopic (exact) mass is 490 g/mol. The SMILES string of the molecule is CNCCN(C)S(=O)(=O)c1ccccc1OCC(=O)NC[C@@H](O)CN1CCc2ccccc2C1. The van der Waals surface area contributed by atoms with Crippen molar-refractivity contribution in [2.75, 3.05) is 53.4 Å². The van der Waals surface area contributed by atoms with Crippen LogP contribution in [0.5, 0.6) is 5.75 Å². The molecule has 0 radical (unpaired) electrons. The van der Waals surface area contributed by atoms with Crippen LogP contribution in [0.25, 0.3) is 0 Å². The van der Waals surface area contributed by atoms with Gasteiger partial charge in [0.25, 0.3) is 5.91 Å². The number of amides is 1. The number of likely N-dealkylation sites (N-methyl/N-ethyl adjacent to an activating group) is 2. The molecule has 0 fully saturated rings. The van der Waals surface area contributed by atoms with Crippen LogP contribution in [-0.2, 0) is 27.8 Å². The average Bonchev–Trinajstić information content (AvgIpc) is 2.84. The van der Waals surface area contributed by atoms with Crippen molar-refractivity contribution in [2.45, 2.75) is 24.0 Å². The van der Waals surface area contributed by atoms with Gasteiger partial charge in [-0.1, -0.05) is 36.4 Å². The quantitative estimate of drug-likeness (QED) is 0.396. The minimum Gasteiger partial charge on any atom is -0.482 e. The molecule has 2 aromatic carbocycles. The molecule has 3 rings (SSSR count). The molecule has 0 saturated carbocycles. The van der Waals surface area contributed by atoms with E-state index in [0.717, 1.165) is 19.5 Å². The second kappa shape index (κ2) is 12.3. The Morgan fingerprint density at radius 3 is 2.65 bits per heavy atom. The molecule has 0 bridgehead atoms. The zero-order chi connectivity index (χ0) is 24.6. The van der Waals surface area contributed by atoms with Crippen molar-refractivity contribution < 1.29 is 23.1 Å². The zero-order valence-electron chi connectivity index (χ0n) is 19.7. The normalized spacial score (nSPS) is 15.1. The molecule has 1 atom stereocenters. The van der Waals surface area contributed by atoms with E-state index in [2.05, 4.69) is 27.7 Å². The van der Waals surface area contributed by atoms with Gasteiger partial charge in [0.1, 0.15) is 10.6 Å². The third-order valence-electron chi connectivity index (χ3n) is 5.79. The number of benzene rings is 2. The van der Waals surface area contributed by atoms with E-state index in [1.165, 1.54) is 34.6 Å². The number of ether oxygens (including phenoxy) is 1. The molecule has 2 aromatic rings. The molecule has 1 aliphatic rings. The third kappa shape index (κ3) is 7.00. The van der Waals surface area contributed by atoms with Crippen LogP contribution in [0.1, 0.15) is 11.1 Å². The predicted octanol–water partition coefficient (Wildman–Crippen LogP) is 0.441. The molecule has 3 N–H and O–H groups in total. The maximum atomic E-state index is 12.9. The summed E-state index contributed by atoms with van der Waals surface area (Å²) in [6.07, 6.45) is 0.220. The lowest BCUT2D eigenvalue weighted by atomic mass is 10.00. The number of aliphatic hydroxyl groups is 1. The number of carbonyl (C=O) groups is 1. The summed E-state index contributed by atoms with van der Waals surface area (Å²) in [5.41, 5.74) is 2.61. The van der Waals surface area contributed by atoms with Crippen LogP contribution in [-0.4, -0.2) is 88.2 Å². The highest BCUT2D eigenvalue weighted by atomic mass is 32.2. The number of nitrogens with one attached hydrogen (secondary N) is 2. The molecule has 0 aromatic heterocycles. The largest absolute Gasteiger partial charge is 0.482 e. The summed E-state index contributed by atoms with van der Waals surface area (Å²) in [5, 5.41) is 16.0. The fourth-order valence-corrected chi connectivity index (χ4v) is 5.14. The number of β-amino-alcohol motifs (C(OH)–C–C–N with tert-alkyl or cyclic N) is 1. The molecular weight excluding hydrogens is 456 g/mol. The highest BCUT2D eigenvalue weighted by molar-refractivity contribution is 7.89. The lowest BCUT2D eigenvalue weighted by molar-refractivity contribution is -0.123. The van der Waals surface area contributed by atoms with E-state index in [1.54, 1.807) is 19.2 Å². The van der Waals surface area contributed by atoms with Crippen molar-refractivity contribution in [1.29, 1.82) is 0 Å². The van der Waals surface area contributed by atoms with Crippen LogP contribution in [0.2, 0.25) is 0 Å². The first-order chi connectivity index (χ1) is 16.3. The Morgan fingerprint density at radius 1 is 1.18 bits per heavy atom. The number of hydrogen-bond donors (Lipinski definition) is 3. The van der Waals surface area contributed by atoms with Gasteiger partial charge in [-0.2, -0.15) is 4.31 Å². The highest BCUT2D eigenvalue weighted by Crippen LogP contribution is 2.25. The number of nitrogens with zero attached hydrogens (tertiary/aromatic N) is 2. The molecule has 0 spiro atoms. The minimum absolute atomic E-state index is 0.00631. The number of sulfonamides is 1. The van der Waals surface area contributed by atoms with Gasteiger partial charge in [-0.05, 0) is 36.7 Å². The molecule has 9 nitrogen and oxygen atoms in total. The van der Waals surface area contributed by atoms with Gasteiger partial charge in [-0.25, -0.2) is 8.42 Å². The Labute approximate surface area is 201 Å². The number of rotatable bonds is 12. The summed E-state index contributed by atoms with van der Waals surface area (Å²) in [6, 6.07) is 14.5. The molecule has 1 amide bonds. The van der Waals surface area contributed by atoms with Gasteiger partial charge < -0.3 is 20.5 Å². The molecular formula is C24H34N4O5S. The van der Waals surface area contributed by atoms with Crippen LogP contribution in [0.3, 0.4) is 0 Å².